The molecule has 0 radical (unpaired) electrons. The Morgan fingerprint density at radius 3 is 2.77 bits per heavy atom. The van der Waals surface area contributed by atoms with Crippen LogP contribution in [0.15, 0.2) is 12.4 Å². The molecule has 7 heteroatoms. The molecule has 70 valence electrons. The average molecular weight is 208 g/mol. The Kier molecular flexibility index (Phi) is 3.07. The topological polar surface area (TPSA) is 54.9 Å². The Morgan fingerprint density at radius 2 is 2.23 bits per heavy atom. The van der Waals surface area contributed by atoms with Gasteiger partial charge in [-0.05, 0) is 0 Å². The summed E-state index contributed by atoms with van der Waals surface area (Å²) < 4.78 is 23.4. The quantitative estimate of drug-likeness (QED) is 0.796. The molecule has 1 N–H and O–H groups in total. The molecule has 0 aliphatic carbocycles. The van der Waals surface area contributed by atoms with Crippen molar-refractivity contribution in [2.75, 3.05) is 5.32 Å². The van der Waals surface area contributed by atoms with Crippen molar-refractivity contribution in [2.24, 2.45) is 0 Å². The van der Waals surface area contributed by atoms with Crippen LogP contribution in [0.5, 0.6) is 0 Å². The first-order chi connectivity index (χ1) is 6.09. The first-order valence-corrected chi connectivity index (χ1v) is 3.54. The van der Waals surface area contributed by atoms with Crippen LogP contribution in [0, 0.1) is 0 Å². The molecule has 1 heterocycles. The summed E-state index contributed by atoms with van der Waals surface area (Å²) in [5.41, 5.74) is 0. The van der Waals surface area contributed by atoms with Gasteiger partial charge in [0.05, 0.1) is 12.4 Å². The largest absolute Gasteiger partial charge is 0.315 e. The van der Waals surface area contributed by atoms with Crippen molar-refractivity contribution >= 4 is 23.3 Å². The van der Waals surface area contributed by atoms with Crippen LogP contribution in [0.1, 0.15) is 0 Å². The third-order valence-corrected chi connectivity index (χ3v) is 1.24. The smallest absolute Gasteiger partial charge is 0.304 e. The lowest BCUT2D eigenvalue weighted by Gasteiger charge is -2.01. The number of carbonyl (C=O) groups is 1. The second-order valence-corrected chi connectivity index (χ2v) is 2.40. The van der Waals surface area contributed by atoms with Gasteiger partial charge in [0.1, 0.15) is 5.15 Å². The highest BCUT2D eigenvalue weighted by Gasteiger charge is 2.15. The molecule has 0 fully saturated rings. The minimum absolute atomic E-state index is 0.0204. The molecule has 0 aliphatic heterocycles. The normalized spacial score (nSPS) is 10.2. The molecule has 0 bridgehead atoms. The number of hydrogen-bond acceptors (Lipinski definition) is 3. The summed E-state index contributed by atoms with van der Waals surface area (Å²) in [5.74, 6) is -1.53. The second-order valence-electron chi connectivity index (χ2n) is 2.02. The van der Waals surface area contributed by atoms with E-state index in [0.29, 0.717) is 0 Å². The fraction of sp³-hybridized carbons (Fsp3) is 0.167. The number of hydrogen-bond donors (Lipinski definition) is 1. The van der Waals surface area contributed by atoms with Gasteiger partial charge in [0.2, 0.25) is 0 Å². The number of nitrogens with one attached hydrogen (secondary N) is 1. The maximum absolute atomic E-state index is 11.7. The lowest BCUT2D eigenvalue weighted by molar-refractivity contribution is -0.126. The van der Waals surface area contributed by atoms with Gasteiger partial charge >= 0.3 is 6.43 Å². The minimum atomic E-state index is -3.08. The summed E-state index contributed by atoms with van der Waals surface area (Å²) >= 11 is 5.40. The van der Waals surface area contributed by atoms with Gasteiger partial charge in [-0.1, -0.05) is 11.6 Å². The van der Waals surface area contributed by atoms with Crippen LogP contribution in [0.25, 0.3) is 0 Å². The lowest BCUT2D eigenvalue weighted by Crippen LogP contribution is -2.20. The number of amides is 1. The molecule has 0 aromatic carbocycles. The molecule has 0 atom stereocenters. The monoisotopic (exact) mass is 207 g/mol. The van der Waals surface area contributed by atoms with E-state index in [1.165, 1.54) is 6.20 Å². The molecule has 0 aliphatic rings. The van der Waals surface area contributed by atoms with E-state index in [1.807, 2.05) is 5.32 Å². The maximum Gasteiger partial charge on any atom is 0.315 e. The first-order valence-electron chi connectivity index (χ1n) is 3.16. The Hall–Kier alpha value is -1.30. The lowest BCUT2D eigenvalue weighted by atomic mass is 10.6. The third-order valence-electron chi connectivity index (χ3n) is 1.05. The number of halogens is 3. The number of rotatable bonds is 2. The van der Waals surface area contributed by atoms with Crippen LogP contribution < -0.4 is 5.32 Å². The molecule has 1 amide bonds. The fourth-order valence-corrected chi connectivity index (χ4v) is 0.731. The highest BCUT2D eigenvalue weighted by Crippen LogP contribution is 2.07. The van der Waals surface area contributed by atoms with Gasteiger partial charge < -0.3 is 5.32 Å². The van der Waals surface area contributed by atoms with Crippen molar-refractivity contribution in [1.82, 2.24) is 9.97 Å². The molecule has 13 heavy (non-hydrogen) atoms. The maximum atomic E-state index is 11.7. The minimum Gasteiger partial charge on any atom is -0.304 e. The summed E-state index contributed by atoms with van der Waals surface area (Å²) in [7, 11) is 0. The van der Waals surface area contributed by atoms with Gasteiger partial charge in [-0.25, -0.2) is 4.98 Å². The van der Waals surface area contributed by atoms with Crippen molar-refractivity contribution in [3.8, 4) is 0 Å². The van der Waals surface area contributed by atoms with E-state index in [2.05, 4.69) is 9.97 Å². The van der Waals surface area contributed by atoms with E-state index >= 15 is 0 Å². The number of alkyl halides is 2. The fourth-order valence-electron chi connectivity index (χ4n) is 0.583. The molecule has 0 saturated carbocycles. The molecule has 0 saturated heterocycles. The van der Waals surface area contributed by atoms with Crippen LogP contribution in [-0.4, -0.2) is 22.3 Å². The average Bonchev–Trinajstić information content (AvgIpc) is 2.04. The van der Waals surface area contributed by atoms with E-state index in [0.717, 1.165) is 6.20 Å². The van der Waals surface area contributed by atoms with E-state index in [1.54, 1.807) is 0 Å². The van der Waals surface area contributed by atoms with Gasteiger partial charge in [0.15, 0.2) is 5.82 Å². The van der Waals surface area contributed by atoms with Gasteiger partial charge in [-0.2, -0.15) is 8.78 Å². The van der Waals surface area contributed by atoms with E-state index in [4.69, 9.17) is 11.6 Å². The van der Waals surface area contributed by atoms with Crippen LogP contribution in [-0.2, 0) is 4.79 Å². The van der Waals surface area contributed by atoms with E-state index in [-0.39, 0.29) is 11.0 Å². The first kappa shape index (κ1) is 9.79. The van der Waals surface area contributed by atoms with Crippen molar-refractivity contribution in [2.45, 2.75) is 6.43 Å². The predicted octanol–water partition coefficient (Wildman–Crippen LogP) is 1.33. The summed E-state index contributed by atoms with van der Waals surface area (Å²) in [6.07, 6.45) is -0.744. The molecule has 0 unspecified atom stereocenters. The number of nitrogens with zero attached hydrogens (tertiary/aromatic N) is 2. The summed E-state index contributed by atoms with van der Waals surface area (Å²) in [4.78, 5) is 17.5. The molecule has 1 aromatic rings. The van der Waals surface area contributed by atoms with Crippen molar-refractivity contribution in [3.63, 3.8) is 0 Å². The van der Waals surface area contributed by atoms with Crippen molar-refractivity contribution in [3.05, 3.63) is 17.5 Å². The molecular formula is C6H4ClF2N3O. The number of anilines is 1. The van der Waals surface area contributed by atoms with Gasteiger partial charge in [-0.3, -0.25) is 9.78 Å². The Bertz CT molecular complexity index is 321. The molecule has 4 nitrogen and oxygen atoms in total. The van der Waals surface area contributed by atoms with Gasteiger partial charge in [-0.15, -0.1) is 0 Å². The zero-order chi connectivity index (χ0) is 9.84. The third kappa shape index (κ3) is 2.90. The van der Waals surface area contributed by atoms with Crippen molar-refractivity contribution < 1.29 is 13.6 Å². The Labute approximate surface area is 76.9 Å². The summed E-state index contributed by atoms with van der Waals surface area (Å²) in [6.45, 7) is 0. The number of carbonyl (C=O) groups excluding carboxylic acids is 1. The number of aromatic nitrogens is 2. The zero-order valence-corrected chi connectivity index (χ0v) is 6.92. The van der Waals surface area contributed by atoms with Crippen LogP contribution in [0.3, 0.4) is 0 Å². The van der Waals surface area contributed by atoms with Crippen LogP contribution in [0.2, 0.25) is 5.15 Å². The zero-order valence-electron chi connectivity index (χ0n) is 6.17. The Balaban J connectivity index is 2.69. The Morgan fingerprint density at radius 1 is 1.54 bits per heavy atom. The summed E-state index contributed by atoms with van der Waals surface area (Å²) in [6, 6.07) is 0. The van der Waals surface area contributed by atoms with Gasteiger partial charge in [0, 0.05) is 0 Å². The molecule has 1 rings (SSSR count). The van der Waals surface area contributed by atoms with Crippen LogP contribution >= 0.6 is 11.6 Å². The second kappa shape index (κ2) is 4.08. The van der Waals surface area contributed by atoms with Crippen LogP contribution in [0.4, 0.5) is 14.6 Å². The SMILES string of the molecule is O=C(Nc1cncc(Cl)n1)C(F)F. The molecule has 0 spiro atoms. The molecule has 1 aromatic heterocycles. The summed E-state index contributed by atoms with van der Waals surface area (Å²) in [5, 5.41) is 1.86. The predicted molar refractivity (Wildman–Crippen MR) is 41.7 cm³/mol. The highest BCUT2D eigenvalue weighted by molar-refractivity contribution is 6.29. The van der Waals surface area contributed by atoms with E-state index in [9.17, 15) is 13.6 Å². The highest BCUT2D eigenvalue weighted by atomic mass is 35.5. The van der Waals surface area contributed by atoms with Crippen molar-refractivity contribution in [1.29, 1.82) is 0 Å². The standard InChI is InChI=1S/C6H4ClF2N3O/c7-3-1-10-2-4(11-3)12-6(13)5(8)9/h1-2,5H,(H,11,12,13). The van der Waals surface area contributed by atoms with E-state index < -0.39 is 12.3 Å². The van der Waals surface area contributed by atoms with Gasteiger partial charge in [0.25, 0.3) is 5.91 Å². The molecular weight excluding hydrogens is 204 g/mol.